The van der Waals surface area contributed by atoms with E-state index in [1.165, 1.54) is 13.2 Å². The van der Waals surface area contributed by atoms with Crippen LogP contribution in [0.1, 0.15) is 29.1 Å². The summed E-state index contributed by atoms with van der Waals surface area (Å²) in [5.74, 6) is -1.15. The Bertz CT molecular complexity index is 415. The molecule has 1 amide bonds. The van der Waals surface area contributed by atoms with Crippen LogP contribution in [-0.4, -0.2) is 41.9 Å². The summed E-state index contributed by atoms with van der Waals surface area (Å²) in [6.07, 6.45) is 0.845. The highest BCUT2D eigenvalue weighted by atomic mass is 16.5. The molecule has 100 valence electrons. The van der Waals surface area contributed by atoms with Gasteiger partial charge in [0.1, 0.15) is 11.8 Å². The number of rotatable bonds is 7. The molecule has 0 spiro atoms. The van der Waals surface area contributed by atoms with Crippen LogP contribution >= 0.6 is 0 Å². The van der Waals surface area contributed by atoms with Gasteiger partial charge in [-0.3, -0.25) is 4.79 Å². The van der Waals surface area contributed by atoms with Gasteiger partial charge < -0.3 is 19.7 Å². The zero-order valence-electron chi connectivity index (χ0n) is 10.3. The van der Waals surface area contributed by atoms with Crippen molar-refractivity contribution < 1.29 is 24.0 Å². The molecule has 1 aromatic rings. The summed E-state index contributed by atoms with van der Waals surface area (Å²) in [4.78, 5) is 22.6. The van der Waals surface area contributed by atoms with Crippen molar-refractivity contribution in [3.05, 3.63) is 17.5 Å². The molecule has 0 aliphatic heterocycles. The van der Waals surface area contributed by atoms with Gasteiger partial charge in [-0.1, -0.05) is 5.16 Å². The number of ether oxygens (including phenoxy) is 1. The summed E-state index contributed by atoms with van der Waals surface area (Å²) < 4.78 is 9.58. The number of amides is 1. The third-order valence-electron chi connectivity index (χ3n) is 2.31. The number of hydrogen-bond donors (Lipinski definition) is 2. The van der Waals surface area contributed by atoms with E-state index < -0.39 is 17.9 Å². The van der Waals surface area contributed by atoms with Crippen molar-refractivity contribution in [2.75, 3.05) is 13.7 Å². The van der Waals surface area contributed by atoms with Crippen LogP contribution in [0, 0.1) is 6.92 Å². The minimum Gasteiger partial charge on any atom is -0.480 e. The first-order valence-electron chi connectivity index (χ1n) is 5.50. The van der Waals surface area contributed by atoms with Crippen molar-refractivity contribution in [2.24, 2.45) is 0 Å². The number of aliphatic carboxylic acids is 1. The Morgan fingerprint density at radius 2 is 2.33 bits per heavy atom. The van der Waals surface area contributed by atoms with E-state index in [9.17, 15) is 9.59 Å². The molecule has 7 heteroatoms. The number of nitrogens with zero attached hydrogens (tertiary/aromatic N) is 1. The highest BCUT2D eigenvalue weighted by Gasteiger charge is 2.21. The number of carbonyl (C=O) groups is 2. The Labute approximate surface area is 104 Å². The van der Waals surface area contributed by atoms with Crippen LogP contribution < -0.4 is 5.32 Å². The molecular weight excluding hydrogens is 240 g/mol. The maximum absolute atomic E-state index is 11.7. The molecule has 0 bridgehead atoms. The zero-order chi connectivity index (χ0) is 13.5. The molecule has 2 N–H and O–H groups in total. The third-order valence-corrected chi connectivity index (χ3v) is 2.31. The molecular formula is C11H16N2O5. The van der Waals surface area contributed by atoms with E-state index in [0.29, 0.717) is 25.2 Å². The number of methoxy groups -OCH3 is 1. The normalized spacial score (nSPS) is 12.1. The summed E-state index contributed by atoms with van der Waals surface area (Å²) in [5, 5.41) is 14.9. The largest absolute Gasteiger partial charge is 0.480 e. The highest BCUT2D eigenvalue weighted by molar-refractivity contribution is 5.94. The first kappa shape index (κ1) is 14.2. The number of nitrogens with one attached hydrogen (secondary N) is 1. The molecule has 0 saturated carbocycles. The third kappa shape index (κ3) is 4.17. The molecule has 0 aromatic carbocycles. The maximum atomic E-state index is 11.7. The number of aromatic nitrogens is 1. The average Bonchev–Trinajstić information content (AvgIpc) is 2.74. The summed E-state index contributed by atoms with van der Waals surface area (Å²) in [6, 6.07) is 0.494. The van der Waals surface area contributed by atoms with Gasteiger partial charge in [0, 0.05) is 19.8 Å². The second-order valence-corrected chi connectivity index (χ2v) is 3.82. The Kier molecular flexibility index (Phi) is 5.31. The fourth-order valence-corrected chi connectivity index (χ4v) is 1.39. The molecule has 0 fully saturated rings. The molecule has 0 saturated heterocycles. The monoisotopic (exact) mass is 256 g/mol. The molecule has 0 aliphatic rings. The van der Waals surface area contributed by atoms with Crippen LogP contribution in [0.2, 0.25) is 0 Å². The van der Waals surface area contributed by atoms with E-state index in [0.717, 1.165) is 0 Å². The van der Waals surface area contributed by atoms with Crippen molar-refractivity contribution >= 4 is 11.9 Å². The number of carbonyl (C=O) groups excluding carboxylic acids is 1. The van der Waals surface area contributed by atoms with Gasteiger partial charge in [-0.15, -0.1) is 0 Å². The van der Waals surface area contributed by atoms with Crippen LogP contribution in [0.25, 0.3) is 0 Å². The van der Waals surface area contributed by atoms with E-state index >= 15 is 0 Å². The molecule has 0 aliphatic carbocycles. The predicted octanol–water partition coefficient (Wildman–Crippen LogP) is 0.593. The van der Waals surface area contributed by atoms with Crippen molar-refractivity contribution in [3.8, 4) is 0 Å². The number of hydrogen-bond acceptors (Lipinski definition) is 5. The van der Waals surface area contributed by atoms with Gasteiger partial charge in [-0.2, -0.15) is 0 Å². The first-order chi connectivity index (χ1) is 8.54. The van der Waals surface area contributed by atoms with E-state index in [1.54, 1.807) is 6.92 Å². The zero-order valence-corrected chi connectivity index (χ0v) is 10.3. The lowest BCUT2D eigenvalue weighted by Crippen LogP contribution is -2.41. The minimum atomic E-state index is -1.08. The molecule has 1 unspecified atom stereocenters. The molecule has 0 radical (unpaired) electrons. The topological polar surface area (TPSA) is 102 Å². The quantitative estimate of drug-likeness (QED) is 0.692. The van der Waals surface area contributed by atoms with Crippen molar-refractivity contribution in [1.29, 1.82) is 0 Å². The van der Waals surface area contributed by atoms with Crippen LogP contribution in [0.5, 0.6) is 0 Å². The molecule has 1 heterocycles. The number of carboxylic acids is 1. The average molecular weight is 256 g/mol. The van der Waals surface area contributed by atoms with Gasteiger partial charge in [0.25, 0.3) is 5.91 Å². The van der Waals surface area contributed by atoms with Crippen molar-refractivity contribution in [2.45, 2.75) is 25.8 Å². The van der Waals surface area contributed by atoms with Crippen LogP contribution in [-0.2, 0) is 9.53 Å². The van der Waals surface area contributed by atoms with Gasteiger partial charge in [0.05, 0.1) is 0 Å². The van der Waals surface area contributed by atoms with Crippen molar-refractivity contribution in [3.63, 3.8) is 0 Å². The van der Waals surface area contributed by atoms with Gasteiger partial charge in [-0.05, 0) is 19.8 Å². The lowest BCUT2D eigenvalue weighted by molar-refractivity contribution is -0.139. The fraction of sp³-hybridized carbons (Fsp3) is 0.545. The number of carboxylic acid groups (broad SMARTS) is 1. The summed E-state index contributed by atoms with van der Waals surface area (Å²) in [5.41, 5.74) is 0.0745. The van der Waals surface area contributed by atoms with E-state index in [4.69, 9.17) is 14.4 Å². The van der Waals surface area contributed by atoms with Crippen LogP contribution in [0.4, 0.5) is 0 Å². The van der Waals surface area contributed by atoms with Gasteiger partial charge in [-0.25, -0.2) is 4.79 Å². The molecule has 1 aromatic heterocycles. The van der Waals surface area contributed by atoms with Crippen molar-refractivity contribution in [1.82, 2.24) is 10.5 Å². The predicted molar refractivity (Wildman–Crippen MR) is 61.2 cm³/mol. The van der Waals surface area contributed by atoms with E-state index in [-0.39, 0.29) is 5.69 Å². The summed E-state index contributed by atoms with van der Waals surface area (Å²) in [6.45, 7) is 2.10. The standard InChI is InChI=1S/C11H16N2O5/c1-7-6-9(13-18-7)10(14)12-8(11(15)16)4-3-5-17-2/h6,8H,3-5H2,1-2H3,(H,12,14)(H,15,16). The molecule has 1 atom stereocenters. The van der Waals surface area contributed by atoms with Gasteiger partial charge in [0.15, 0.2) is 5.69 Å². The summed E-state index contributed by atoms with van der Waals surface area (Å²) in [7, 11) is 1.53. The lowest BCUT2D eigenvalue weighted by atomic mass is 10.1. The van der Waals surface area contributed by atoms with E-state index in [2.05, 4.69) is 10.5 Å². The van der Waals surface area contributed by atoms with Crippen LogP contribution in [0.3, 0.4) is 0 Å². The van der Waals surface area contributed by atoms with Gasteiger partial charge >= 0.3 is 5.97 Å². The Balaban J connectivity index is 2.55. The minimum absolute atomic E-state index is 0.0745. The fourth-order valence-electron chi connectivity index (χ4n) is 1.39. The van der Waals surface area contributed by atoms with Gasteiger partial charge in [0.2, 0.25) is 0 Å². The maximum Gasteiger partial charge on any atom is 0.326 e. The lowest BCUT2D eigenvalue weighted by Gasteiger charge is -2.12. The molecule has 7 nitrogen and oxygen atoms in total. The summed E-state index contributed by atoms with van der Waals surface area (Å²) >= 11 is 0. The SMILES string of the molecule is COCCCC(NC(=O)c1cc(C)on1)C(=O)O. The second kappa shape index (κ2) is 6.75. The first-order valence-corrected chi connectivity index (χ1v) is 5.50. The molecule has 1 rings (SSSR count). The second-order valence-electron chi connectivity index (χ2n) is 3.82. The highest BCUT2D eigenvalue weighted by Crippen LogP contribution is 2.04. The molecule has 18 heavy (non-hydrogen) atoms. The Hall–Kier alpha value is -1.89. The number of aryl methyl sites for hydroxylation is 1. The smallest absolute Gasteiger partial charge is 0.326 e. The van der Waals surface area contributed by atoms with E-state index in [1.807, 2.05) is 0 Å². The Morgan fingerprint density at radius 1 is 1.61 bits per heavy atom. The Morgan fingerprint density at radius 3 is 2.83 bits per heavy atom. The van der Waals surface area contributed by atoms with Crippen LogP contribution in [0.15, 0.2) is 10.6 Å².